The number of rotatable bonds is 9. The van der Waals surface area contributed by atoms with Crippen LogP contribution in [-0.4, -0.2) is 42.9 Å². The molecule has 8 nitrogen and oxygen atoms in total. The summed E-state index contributed by atoms with van der Waals surface area (Å²) in [5.74, 6) is -2.52. The van der Waals surface area contributed by atoms with Crippen molar-refractivity contribution in [2.24, 2.45) is 0 Å². The maximum absolute atomic E-state index is 12.2. The van der Waals surface area contributed by atoms with Gasteiger partial charge in [0.2, 0.25) is 10.0 Å². The molecule has 0 unspecified atom stereocenters. The summed E-state index contributed by atoms with van der Waals surface area (Å²) in [6, 6.07) is 11.2. The minimum Gasteiger partial charge on any atom is -0.481 e. The summed E-state index contributed by atoms with van der Waals surface area (Å²) in [6.45, 7) is -0.234. The van der Waals surface area contributed by atoms with E-state index in [0.29, 0.717) is 5.56 Å². The van der Waals surface area contributed by atoms with Crippen molar-refractivity contribution in [3.8, 4) is 0 Å². The van der Waals surface area contributed by atoms with Crippen LogP contribution in [0.25, 0.3) is 6.08 Å². The maximum atomic E-state index is 12.2. The fourth-order valence-corrected chi connectivity index (χ4v) is 3.21. The maximum Gasteiger partial charge on any atom is 0.335 e. The number of aliphatic carboxylic acids is 1. The van der Waals surface area contributed by atoms with Crippen LogP contribution >= 0.6 is 0 Å². The molecule has 0 atom stereocenters. The van der Waals surface area contributed by atoms with E-state index in [1.807, 2.05) is 0 Å². The first-order valence-electron chi connectivity index (χ1n) is 8.06. The number of aromatic carboxylic acids is 1. The van der Waals surface area contributed by atoms with Gasteiger partial charge >= 0.3 is 11.9 Å². The van der Waals surface area contributed by atoms with E-state index in [2.05, 4.69) is 4.72 Å². The Morgan fingerprint density at radius 2 is 1.46 bits per heavy atom. The molecule has 2 rings (SSSR count). The lowest BCUT2D eigenvalue weighted by Crippen LogP contribution is -2.26. The highest BCUT2D eigenvalue weighted by Crippen LogP contribution is 2.13. The van der Waals surface area contributed by atoms with Gasteiger partial charge in [0.05, 0.1) is 16.9 Å². The van der Waals surface area contributed by atoms with Crippen LogP contribution in [0, 0.1) is 0 Å². The smallest absolute Gasteiger partial charge is 0.335 e. The summed E-state index contributed by atoms with van der Waals surface area (Å²) < 4.78 is 26.2. The van der Waals surface area contributed by atoms with E-state index in [1.165, 1.54) is 48.6 Å². The molecule has 0 radical (unpaired) electrons. The van der Waals surface area contributed by atoms with Crippen molar-refractivity contribution >= 4 is 33.8 Å². The largest absolute Gasteiger partial charge is 0.481 e. The number of nitrogens with one attached hydrogen (secondary N) is 1. The van der Waals surface area contributed by atoms with E-state index in [9.17, 15) is 22.8 Å². The summed E-state index contributed by atoms with van der Waals surface area (Å²) in [7, 11) is -3.86. The zero-order valence-electron chi connectivity index (χ0n) is 14.5. The van der Waals surface area contributed by atoms with Crippen molar-refractivity contribution in [3.05, 3.63) is 71.3 Å². The van der Waals surface area contributed by atoms with Crippen LogP contribution in [0.4, 0.5) is 0 Å². The molecular weight excluding hydrogens is 386 g/mol. The predicted octanol–water partition coefficient (Wildman–Crippen LogP) is 2.03. The van der Waals surface area contributed by atoms with Gasteiger partial charge in [0.15, 0.2) is 5.78 Å². The third-order valence-electron chi connectivity index (χ3n) is 3.66. The van der Waals surface area contributed by atoms with Crippen LogP contribution in [0.2, 0.25) is 0 Å². The number of ketones is 1. The minimum absolute atomic E-state index is 0.0809. The van der Waals surface area contributed by atoms with Gasteiger partial charge in [-0.15, -0.1) is 0 Å². The average Bonchev–Trinajstić information content (AvgIpc) is 2.66. The van der Waals surface area contributed by atoms with Crippen LogP contribution < -0.4 is 4.72 Å². The molecule has 0 aromatic heterocycles. The Labute approximate surface area is 161 Å². The van der Waals surface area contributed by atoms with E-state index in [-0.39, 0.29) is 34.8 Å². The highest BCUT2D eigenvalue weighted by atomic mass is 32.2. The number of allylic oxidation sites excluding steroid dienone is 1. The van der Waals surface area contributed by atoms with E-state index >= 15 is 0 Å². The van der Waals surface area contributed by atoms with Crippen LogP contribution in [0.1, 0.15) is 32.7 Å². The van der Waals surface area contributed by atoms with Gasteiger partial charge < -0.3 is 10.2 Å². The molecule has 0 heterocycles. The number of carboxylic acid groups (broad SMARTS) is 2. The number of carboxylic acids is 2. The van der Waals surface area contributed by atoms with Gasteiger partial charge in [-0.05, 0) is 48.0 Å². The molecule has 9 heteroatoms. The molecule has 2 aromatic carbocycles. The number of sulfonamides is 1. The molecule has 0 aliphatic carbocycles. The molecule has 0 aliphatic rings. The molecule has 3 N–H and O–H groups in total. The van der Waals surface area contributed by atoms with Crippen molar-refractivity contribution < 1.29 is 33.0 Å². The van der Waals surface area contributed by atoms with Crippen molar-refractivity contribution in [1.29, 1.82) is 0 Å². The summed E-state index contributed by atoms with van der Waals surface area (Å²) in [5, 5.41) is 17.4. The van der Waals surface area contributed by atoms with Gasteiger partial charge in [0.25, 0.3) is 0 Å². The molecular formula is C19H17NO7S. The molecule has 0 aliphatic heterocycles. The van der Waals surface area contributed by atoms with E-state index < -0.39 is 22.0 Å². The highest BCUT2D eigenvalue weighted by Gasteiger charge is 2.14. The molecule has 146 valence electrons. The minimum atomic E-state index is -3.86. The van der Waals surface area contributed by atoms with Crippen LogP contribution in [0.3, 0.4) is 0 Å². The van der Waals surface area contributed by atoms with Crippen molar-refractivity contribution in [1.82, 2.24) is 4.72 Å². The zero-order chi connectivity index (χ0) is 20.7. The Morgan fingerprint density at radius 3 is 2.00 bits per heavy atom. The first-order chi connectivity index (χ1) is 13.2. The zero-order valence-corrected chi connectivity index (χ0v) is 15.3. The summed E-state index contributed by atoms with van der Waals surface area (Å²) in [4.78, 5) is 33.4. The first kappa shape index (κ1) is 21.0. The van der Waals surface area contributed by atoms with Gasteiger partial charge in [0, 0.05) is 12.1 Å². The Bertz CT molecular complexity index is 1010. The molecule has 0 amide bonds. The van der Waals surface area contributed by atoms with Crippen LogP contribution in [0.5, 0.6) is 0 Å². The summed E-state index contributed by atoms with van der Waals surface area (Å²) in [5.41, 5.74) is 1.04. The van der Waals surface area contributed by atoms with Crippen LogP contribution in [0.15, 0.2) is 59.5 Å². The number of benzene rings is 2. The van der Waals surface area contributed by atoms with Gasteiger partial charge in [0.1, 0.15) is 0 Å². The number of hydrogen-bond donors (Lipinski definition) is 3. The third kappa shape index (κ3) is 5.86. The molecule has 0 fully saturated rings. The normalized spacial score (nSPS) is 11.4. The van der Waals surface area contributed by atoms with Gasteiger partial charge in [-0.25, -0.2) is 17.9 Å². The quantitative estimate of drug-likeness (QED) is 0.430. The second-order valence-electron chi connectivity index (χ2n) is 5.69. The second kappa shape index (κ2) is 9.07. The van der Waals surface area contributed by atoms with E-state index in [4.69, 9.17) is 10.2 Å². The molecule has 2 aromatic rings. The Hall–Kier alpha value is -3.30. The number of carbonyl (C=O) groups excluding carboxylic acids is 1. The fourth-order valence-electron chi connectivity index (χ4n) is 2.18. The third-order valence-corrected chi connectivity index (χ3v) is 5.14. The van der Waals surface area contributed by atoms with Crippen molar-refractivity contribution in [3.63, 3.8) is 0 Å². The summed E-state index contributed by atoms with van der Waals surface area (Å²) in [6.07, 6.45) is 2.48. The second-order valence-corrected chi connectivity index (χ2v) is 7.46. The number of carbonyl (C=O) groups is 3. The predicted molar refractivity (Wildman–Crippen MR) is 101 cm³/mol. The van der Waals surface area contributed by atoms with Crippen molar-refractivity contribution in [2.75, 3.05) is 6.54 Å². The van der Waals surface area contributed by atoms with Gasteiger partial charge in [-0.2, -0.15) is 0 Å². The van der Waals surface area contributed by atoms with Gasteiger partial charge in [-0.3, -0.25) is 9.59 Å². The summed E-state index contributed by atoms with van der Waals surface area (Å²) >= 11 is 0. The molecule has 0 saturated heterocycles. The average molecular weight is 403 g/mol. The Morgan fingerprint density at radius 1 is 0.893 bits per heavy atom. The monoisotopic (exact) mass is 403 g/mol. The SMILES string of the molecule is O=C(O)CCNS(=O)(=O)c1ccc(C(=O)/C=C/c2ccc(C(=O)O)cc2)cc1. The Balaban J connectivity index is 2.04. The first-order valence-corrected chi connectivity index (χ1v) is 9.54. The fraction of sp³-hybridized carbons (Fsp3) is 0.105. The van der Waals surface area contributed by atoms with Crippen molar-refractivity contribution in [2.45, 2.75) is 11.3 Å². The molecule has 0 spiro atoms. The molecule has 0 bridgehead atoms. The highest BCUT2D eigenvalue weighted by molar-refractivity contribution is 7.89. The lowest BCUT2D eigenvalue weighted by Gasteiger charge is -2.06. The molecule has 0 saturated carbocycles. The van der Waals surface area contributed by atoms with Gasteiger partial charge in [-0.1, -0.05) is 18.2 Å². The van der Waals surface area contributed by atoms with Crippen LogP contribution in [-0.2, 0) is 14.8 Å². The topological polar surface area (TPSA) is 138 Å². The standard InChI is InChI=1S/C19H17NO7S/c21-17(10-3-13-1-4-15(5-2-13)19(24)25)14-6-8-16(9-7-14)28(26,27)20-12-11-18(22)23/h1-10,20H,11-12H2,(H,22,23)(H,24,25)/b10-3+. The van der Waals surface area contributed by atoms with E-state index in [0.717, 1.165) is 0 Å². The van der Waals surface area contributed by atoms with E-state index in [1.54, 1.807) is 12.1 Å². The Kier molecular flexibility index (Phi) is 6.80. The molecule has 28 heavy (non-hydrogen) atoms. The lowest BCUT2D eigenvalue weighted by molar-refractivity contribution is -0.136. The number of hydrogen-bond acceptors (Lipinski definition) is 5. The lowest BCUT2D eigenvalue weighted by atomic mass is 10.1.